The van der Waals surface area contributed by atoms with E-state index in [9.17, 15) is 14.4 Å². The van der Waals surface area contributed by atoms with E-state index < -0.39 is 23.8 Å². The molecule has 1 atom stereocenters. The quantitative estimate of drug-likeness (QED) is 0.363. The van der Waals surface area contributed by atoms with Gasteiger partial charge in [-0.2, -0.15) is 0 Å². The maximum atomic E-state index is 12.3. The summed E-state index contributed by atoms with van der Waals surface area (Å²) in [6.07, 6.45) is 0. The topological polar surface area (TPSA) is 63.7 Å². The molecule has 0 unspecified atom stereocenters. The molecule has 0 saturated carbocycles. The maximum Gasteiger partial charge on any atom is 0.333 e. The second kappa shape index (κ2) is 5.58. The number of nitrogens with zero attached hydrogens (tertiary/aromatic N) is 1. The summed E-state index contributed by atoms with van der Waals surface area (Å²) >= 11 is 3.18. The summed E-state index contributed by atoms with van der Waals surface area (Å²) in [4.78, 5) is 37.5. The van der Waals surface area contributed by atoms with Crippen LogP contribution in [0.2, 0.25) is 0 Å². The molecular formula is C14H12BrNO4. The molecule has 1 aromatic carbocycles. The zero-order chi connectivity index (χ0) is 14.9. The van der Waals surface area contributed by atoms with Crippen molar-refractivity contribution in [3.05, 3.63) is 47.5 Å². The molecule has 0 saturated heterocycles. The van der Waals surface area contributed by atoms with E-state index in [0.29, 0.717) is 5.57 Å². The molecule has 6 heteroatoms. The van der Waals surface area contributed by atoms with Crippen molar-refractivity contribution < 1.29 is 19.1 Å². The third-order valence-electron chi connectivity index (χ3n) is 3.07. The van der Waals surface area contributed by atoms with Crippen molar-refractivity contribution in [2.45, 2.75) is 6.04 Å². The lowest BCUT2D eigenvalue weighted by atomic mass is 10.1. The SMILES string of the molecule is C=C(CBr)[C@@H](C(=O)OC)N1C(=O)c2ccccc2C1=O. The van der Waals surface area contributed by atoms with E-state index in [1.165, 1.54) is 7.11 Å². The van der Waals surface area contributed by atoms with E-state index in [4.69, 9.17) is 0 Å². The predicted molar refractivity (Wildman–Crippen MR) is 75.7 cm³/mol. The first kappa shape index (κ1) is 14.5. The van der Waals surface area contributed by atoms with Gasteiger partial charge in [-0.25, -0.2) is 4.79 Å². The molecular weight excluding hydrogens is 326 g/mol. The summed E-state index contributed by atoms with van der Waals surface area (Å²) in [5, 5.41) is 0.278. The number of amides is 2. The van der Waals surface area contributed by atoms with Crippen LogP contribution in [0.3, 0.4) is 0 Å². The van der Waals surface area contributed by atoms with Gasteiger partial charge in [0, 0.05) is 5.33 Å². The predicted octanol–water partition coefficient (Wildman–Crippen LogP) is 1.78. The van der Waals surface area contributed by atoms with Crippen LogP contribution in [0.5, 0.6) is 0 Å². The molecule has 0 N–H and O–H groups in total. The highest BCUT2D eigenvalue weighted by Crippen LogP contribution is 2.27. The molecule has 104 valence electrons. The number of methoxy groups -OCH3 is 1. The summed E-state index contributed by atoms with van der Waals surface area (Å²) in [5.74, 6) is -1.71. The Morgan fingerprint density at radius 2 is 1.80 bits per heavy atom. The van der Waals surface area contributed by atoms with Crippen molar-refractivity contribution in [3.8, 4) is 0 Å². The number of fused-ring (bicyclic) bond motifs is 1. The summed E-state index contributed by atoms with van der Waals surface area (Å²) in [5.41, 5.74) is 0.953. The molecule has 0 radical (unpaired) electrons. The Hall–Kier alpha value is -1.95. The van der Waals surface area contributed by atoms with Crippen LogP contribution in [0, 0.1) is 0 Å². The number of imide groups is 1. The van der Waals surface area contributed by atoms with Crippen LogP contribution in [0.15, 0.2) is 36.4 Å². The number of halogens is 1. The number of hydrogen-bond donors (Lipinski definition) is 0. The first-order chi connectivity index (χ1) is 9.52. The van der Waals surface area contributed by atoms with Crippen molar-refractivity contribution in [3.63, 3.8) is 0 Å². The zero-order valence-corrected chi connectivity index (χ0v) is 12.3. The summed E-state index contributed by atoms with van der Waals surface area (Å²) in [6, 6.07) is 5.33. The maximum absolute atomic E-state index is 12.3. The Bertz CT molecular complexity index is 560. The molecule has 0 bridgehead atoms. The molecule has 5 nitrogen and oxygen atoms in total. The lowest BCUT2D eigenvalue weighted by molar-refractivity contribution is -0.143. The number of carbonyl (C=O) groups excluding carboxylic acids is 3. The van der Waals surface area contributed by atoms with Crippen molar-refractivity contribution in [1.82, 2.24) is 4.90 Å². The minimum atomic E-state index is -1.12. The summed E-state index contributed by atoms with van der Waals surface area (Å²) in [7, 11) is 1.20. The Morgan fingerprint density at radius 1 is 1.30 bits per heavy atom. The van der Waals surface area contributed by atoms with Crippen LogP contribution in [0.4, 0.5) is 0 Å². The monoisotopic (exact) mass is 337 g/mol. The lowest BCUT2D eigenvalue weighted by Gasteiger charge is -2.24. The summed E-state index contributed by atoms with van der Waals surface area (Å²) in [6.45, 7) is 3.73. The van der Waals surface area contributed by atoms with E-state index in [2.05, 4.69) is 27.2 Å². The van der Waals surface area contributed by atoms with Gasteiger partial charge in [0.1, 0.15) is 0 Å². The van der Waals surface area contributed by atoms with Gasteiger partial charge in [0.2, 0.25) is 0 Å². The minimum Gasteiger partial charge on any atom is -0.467 e. The molecule has 1 aliphatic heterocycles. The highest BCUT2D eigenvalue weighted by atomic mass is 79.9. The standard InChI is InChI=1S/C14H12BrNO4/c1-8(7-15)11(14(19)20-2)16-12(17)9-5-3-4-6-10(9)13(16)18/h3-6,11H,1,7H2,2H3/t11-/m0/s1. The van der Waals surface area contributed by atoms with Crippen LogP contribution in [0.25, 0.3) is 0 Å². The van der Waals surface area contributed by atoms with Crippen molar-refractivity contribution in [2.75, 3.05) is 12.4 Å². The Kier molecular flexibility index (Phi) is 4.04. The van der Waals surface area contributed by atoms with E-state index in [-0.39, 0.29) is 16.5 Å². The molecule has 1 heterocycles. The second-order valence-corrected chi connectivity index (χ2v) is 4.80. The van der Waals surface area contributed by atoms with Crippen LogP contribution < -0.4 is 0 Å². The normalized spacial score (nSPS) is 15.0. The Morgan fingerprint density at radius 3 is 2.20 bits per heavy atom. The van der Waals surface area contributed by atoms with Gasteiger partial charge >= 0.3 is 5.97 Å². The summed E-state index contributed by atoms with van der Waals surface area (Å²) < 4.78 is 4.68. The molecule has 1 aromatic rings. The number of rotatable bonds is 4. The molecule has 0 aliphatic carbocycles. The van der Waals surface area contributed by atoms with Crippen LogP contribution in [-0.2, 0) is 9.53 Å². The van der Waals surface area contributed by atoms with Crippen LogP contribution >= 0.6 is 15.9 Å². The first-order valence-electron chi connectivity index (χ1n) is 5.81. The molecule has 1 aliphatic rings. The molecule has 2 rings (SSSR count). The smallest absolute Gasteiger partial charge is 0.333 e. The first-order valence-corrected chi connectivity index (χ1v) is 6.93. The molecule has 0 fully saturated rings. The van der Waals surface area contributed by atoms with Crippen LogP contribution in [0.1, 0.15) is 20.7 Å². The molecule has 20 heavy (non-hydrogen) atoms. The van der Waals surface area contributed by atoms with Gasteiger partial charge < -0.3 is 4.74 Å². The largest absolute Gasteiger partial charge is 0.467 e. The van der Waals surface area contributed by atoms with Gasteiger partial charge in [-0.15, -0.1) is 0 Å². The fourth-order valence-electron chi connectivity index (χ4n) is 2.08. The van der Waals surface area contributed by atoms with Crippen molar-refractivity contribution >= 4 is 33.7 Å². The van der Waals surface area contributed by atoms with Crippen molar-refractivity contribution in [1.29, 1.82) is 0 Å². The van der Waals surface area contributed by atoms with Gasteiger partial charge in [-0.1, -0.05) is 34.6 Å². The third-order valence-corrected chi connectivity index (χ3v) is 3.79. The van der Waals surface area contributed by atoms with Crippen molar-refractivity contribution in [2.24, 2.45) is 0 Å². The van der Waals surface area contributed by atoms with Gasteiger partial charge in [-0.05, 0) is 17.7 Å². The average molecular weight is 338 g/mol. The van der Waals surface area contributed by atoms with E-state index in [1.54, 1.807) is 24.3 Å². The minimum absolute atomic E-state index is 0.278. The van der Waals surface area contributed by atoms with E-state index in [0.717, 1.165) is 4.90 Å². The van der Waals surface area contributed by atoms with Crippen LogP contribution in [-0.4, -0.2) is 41.2 Å². The Balaban J connectivity index is 2.47. The number of benzene rings is 1. The number of hydrogen-bond acceptors (Lipinski definition) is 4. The Labute approximate surface area is 124 Å². The lowest BCUT2D eigenvalue weighted by Crippen LogP contribution is -2.46. The van der Waals surface area contributed by atoms with Gasteiger partial charge in [0.25, 0.3) is 11.8 Å². The fourth-order valence-corrected chi connectivity index (χ4v) is 2.39. The third kappa shape index (κ3) is 2.16. The van der Waals surface area contributed by atoms with E-state index in [1.807, 2.05) is 0 Å². The number of esters is 1. The zero-order valence-electron chi connectivity index (χ0n) is 10.8. The number of alkyl halides is 1. The highest BCUT2D eigenvalue weighted by Gasteiger charge is 2.44. The van der Waals surface area contributed by atoms with Gasteiger partial charge in [0.05, 0.1) is 18.2 Å². The molecule has 0 spiro atoms. The van der Waals surface area contributed by atoms with Gasteiger partial charge in [-0.3, -0.25) is 14.5 Å². The average Bonchev–Trinajstić information content (AvgIpc) is 2.72. The highest BCUT2D eigenvalue weighted by molar-refractivity contribution is 9.09. The van der Waals surface area contributed by atoms with Gasteiger partial charge in [0.15, 0.2) is 6.04 Å². The number of ether oxygens (including phenoxy) is 1. The molecule has 2 amide bonds. The van der Waals surface area contributed by atoms with E-state index >= 15 is 0 Å². The molecule has 0 aromatic heterocycles. The fraction of sp³-hybridized carbons (Fsp3) is 0.214. The second-order valence-electron chi connectivity index (χ2n) is 4.24. The number of carbonyl (C=O) groups is 3.